The molecule has 1 unspecified atom stereocenters. The summed E-state index contributed by atoms with van der Waals surface area (Å²) < 4.78 is 11.3. The molecule has 0 spiro atoms. The smallest absolute Gasteiger partial charge is 0.320 e. The molecule has 1 N–H and O–H groups in total. The number of hydrogen-bond donors (Lipinski definition) is 1. The van der Waals surface area contributed by atoms with Crippen molar-refractivity contribution in [1.29, 1.82) is 0 Å². The first-order valence-electron chi connectivity index (χ1n) is 8.02. The number of rotatable bonds is 6. The molecule has 0 aliphatic carbocycles. The van der Waals surface area contributed by atoms with E-state index in [1.807, 2.05) is 29.2 Å². The molecule has 5 heteroatoms. The molecule has 2 atom stereocenters. The van der Waals surface area contributed by atoms with Crippen LogP contribution in [-0.4, -0.2) is 47.9 Å². The minimum absolute atomic E-state index is 0.223. The first kappa shape index (κ1) is 15.3. The van der Waals surface area contributed by atoms with Crippen LogP contribution in [0.5, 0.6) is 5.75 Å². The highest BCUT2D eigenvalue weighted by molar-refractivity contribution is 5.73. The van der Waals surface area contributed by atoms with Gasteiger partial charge >= 0.3 is 5.97 Å². The van der Waals surface area contributed by atoms with Gasteiger partial charge < -0.3 is 14.6 Å². The summed E-state index contributed by atoms with van der Waals surface area (Å²) >= 11 is 0. The third-order valence-electron chi connectivity index (χ3n) is 4.42. The number of nitrogens with zero attached hydrogens (tertiary/aromatic N) is 1. The summed E-state index contributed by atoms with van der Waals surface area (Å²) in [5.74, 6) is 0.129. The molecule has 0 radical (unpaired) electrons. The van der Waals surface area contributed by atoms with E-state index in [1.165, 1.54) is 0 Å². The highest BCUT2D eigenvalue weighted by atomic mass is 16.5. The zero-order valence-electron chi connectivity index (χ0n) is 12.7. The largest absolute Gasteiger partial charge is 0.491 e. The second-order valence-electron chi connectivity index (χ2n) is 6.06. The Kier molecular flexibility index (Phi) is 4.95. The van der Waals surface area contributed by atoms with Crippen molar-refractivity contribution in [1.82, 2.24) is 4.90 Å². The Hall–Kier alpha value is -1.59. The standard InChI is InChI=1S/C17H23NO4/c19-17(20)16-4-1-9-18(16)11-13-5-7-14(8-6-13)22-12-15-3-2-10-21-15/h5-8,15-16H,1-4,9-12H2,(H,19,20)/t15?,16-/m0/s1. The lowest BCUT2D eigenvalue weighted by Gasteiger charge is -2.21. The fraction of sp³-hybridized carbons (Fsp3) is 0.588. The van der Waals surface area contributed by atoms with Crippen LogP contribution in [0.25, 0.3) is 0 Å². The van der Waals surface area contributed by atoms with Crippen LogP contribution >= 0.6 is 0 Å². The van der Waals surface area contributed by atoms with Crippen molar-refractivity contribution in [2.24, 2.45) is 0 Å². The lowest BCUT2D eigenvalue weighted by atomic mass is 10.2. The van der Waals surface area contributed by atoms with Gasteiger partial charge in [0.1, 0.15) is 18.4 Å². The molecule has 1 aromatic carbocycles. The molecule has 3 rings (SSSR count). The molecule has 0 bridgehead atoms. The first-order valence-corrected chi connectivity index (χ1v) is 8.02. The average Bonchev–Trinajstić information content (AvgIpc) is 3.17. The number of aliphatic carboxylic acids is 1. The lowest BCUT2D eigenvalue weighted by molar-refractivity contribution is -0.142. The van der Waals surface area contributed by atoms with Crippen molar-refractivity contribution in [2.75, 3.05) is 19.8 Å². The SMILES string of the molecule is O=C(O)[C@@H]1CCCN1Cc1ccc(OCC2CCCO2)cc1. The minimum Gasteiger partial charge on any atom is -0.491 e. The Bertz CT molecular complexity index is 496. The van der Waals surface area contributed by atoms with Crippen LogP contribution in [0.3, 0.4) is 0 Å². The monoisotopic (exact) mass is 305 g/mol. The molecule has 2 heterocycles. The molecule has 5 nitrogen and oxygen atoms in total. The quantitative estimate of drug-likeness (QED) is 0.874. The molecule has 2 aliphatic rings. The summed E-state index contributed by atoms with van der Waals surface area (Å²) in [5.41, 5.74) is 1.12. The van der Waals surface area contributed by atoms with E-state index in [4.69, 9.17) is 9.47 Å². The van der Waals surface area contributed by atoms with Crippen LogP contribution in [0.1, 0.15) is 31.2 Å². The second-order valence-corrected chi connectivity index (χ2v) is 6.06. The van der Waals surface area contributed by atoms with Crippen molar-refractivity contribution in [3.63, 3.8) is 0 Å². The number of carbonyl (C=O) groups is 1. The van der Waals surface area contributed by atoms with E-state index in [1.54, 1.807) is 0 Å². The zero-order chi connectivity index (χ0) is 15.4. The topological polar surface area (TPSA) is 59.0 Å². The maximum absolute atomic E-state index is 11.2. The molecule has 1 aromatic rings. The van der Waals surface area contributed by atoms with E-state index >= 15 is 0 Å². The third-order valence-corrected chi connectivity index (χ3v) is 4.42. The van der Waals surface area contributed by atoms with Crippen molar-refractivity contribution in [3.05, 3.63) is 29.8 Å². The number of ether oxygens (including phenoxy) is 2. The van der Waals surface area contributed by atoms with Crippen LogP contribution in [0.15, 0.2) is 24.3 Å². The third kappa shape index (κ3) is 3.78. The van der Waals surface area contributed by atoms with Gasteiger partial charge in [0.05, 0.1) is 6.10 Å². The number of carboxylic acid groups (broad SMARTS) is 1. The van der Waals surface area contributed by atoms with Crippen LogP contribution in [0.4, 0.5) is 0 Å². The van der Waals surface area contributed by atoms with Gasteiger partial charge in [0.25, 0.3) is 0 Å². The summed E-state index contributed by atoms with van der Waals surface area (Å²) in [5, 5.41) is 9.21. The molecular weight excluding hydrogens is 282 g/mol. The fourth-order valence-corrected chi connectivity index (χ4v) is 3.19. The molecule has 22 heavy (non-hydrogen) atoms. The summed E-state index contributed by atoms with van der Waals surface area (Å²) in [6, 6.07) is 7.60. The van der Waals surface area contributed by atoms with E-state index in [9.17, 15) is 9.90 Å². The van der Waals surface area contributed by atoms with E-state index < -0.39 is 5.97 Å². The van der Waals surface area contributed by atoms with Gasteiger partial charge in [-0.2, -0.15) is 0 Å². The van der Waals surface area contributed by atoms with E-state index in [0.717, 1.165) is 50.1 Å². The van der Waals surface area contributed by atoms with Gasteiger partial charge in [0.2, 0.25) is 0 Å². The molecule has 0 amide bonds. The number of likely N-dealkylation sites (tertiary alicyclic amines) is 1. The van der Waals surface area contributed by atoms with Crippen LogP contribution in [0.2, 0.25) is 0 Å². The molecule has 2 saturated heterocycles. The molecular formula is C17H23NO4. The maximum atomic E-state index is 11.2. The average molecular weight is 305 g/mol. The summed E-state index contributed by atoms with van der Waals surface area (Å²) in [6.45, 7) is 2.98. The second kappa shape index (κ2) is 7.11. The Labute approximate surface area is 130 Å². The van der Waals surface area contributed by atoms with Crippen molar-refractivity contribution in [3.8, 4) is 5.75 Å². The fourth-order valence-electron chi connectivity index (χ4n) is 3.19. The molecule has 120 valence electrons. The Morgan fingerprint density at radius 2 is 2.09 bits per heavy atom. The van der Waals surface area contributed by atoms with Crippen LogP contribution in [-0.2, 0) is 16.1 Å². The molecule has 0 aromatic heterocycles. The molecule has 2 fully saturated rings. The molecule has 2 aliphatic heterocycles. The lowest BCUT2D eigenvalue weighted by Crippen LogP contribution is -2.35. The van der Waals surface area contributed by atoms with Crippen LogP contribution in [0, 0.1) is 0 Å². The number of hydrogen-bond acceptors (Lipinski definition) is 4. The Morgan fingerprint density at radius 3 is 2.77 bits per heavy atom. The van der Waals surface area contributed by atoms with Gasteiger partial charge in [-0.3, -0.25) is 9.69 Å². The summed E-state index contributed by atoms with van der Waals surface area (Å²) in [4.78, 5) is 13.2. The molecule has 0 saturated carbocycles. The highest BCUT2D eigenvalue weighted by Gasteiger charge is 2.30. The van der Waals surface area contributed by atoms with Gasteiger partial charge in [-0.15, -0.1) is 0 Å². The van der Waals surface area contributed by atoms with Crippen molar-refractivity contribution >= 4 is 5.97 Å². The summed E-state index contributed by atoms with van der Waals surface area (Å²) in [7, 11) is 0. The normalized spacial score (nSPS) is 25.5. The first-order chi connectivity index (χ1) is 10.7. The minimum atomic E-state index is -0.714. The Morgan fingerprint density at radius 1 is 1.27 bits per heavy atom. The predicted octanol–water partition coefficient (Wildman–Crippen LogP) is 2.29. The number of benzene rings is 1. The van der Waals surface area contributed by atoms with Gasteiger partial charge in [-0.1, -0.05) is 12.1 Å². The van der Waals surface area contributed by atoms with Crippen LogP contribution < -0.4 is 4.74 Å². The van der Waals surface area contributed by atoms with Crippen molar-refractivity contribution in [2.45, 2.75) is 44.4 Å². The van der Waals surface area contributed by atoms with E-state index in [0.29, 0.717) is 13.2 Å². The van der Waals surface area contributed by atoms with E-state index in [-0.39, 0.29) is 12.1 Å². The number of carboxylic acids is 1. The summed E-state index contributed by atoms with van der Waals surface area (Å²) in [6.07, 6.45) is 4.12. The highest BCUT2D eigenvalue weighted by Crippen LogP contribution is 2.22. The zero-order valence-corrected chi connectivity index (χ0v) is 12.7. The predicted molar refractivity (Wildman–Crippen MR) is 82.0 cm³/mol. The van der Waals surface area contributed by atoms with E-state index in [2.05, 4.69) is 0 Å². The van der Waals surface area contributed by atoms with Gasteiger partial charge in [0.15, 0.2) is 0 Å². The maximum Gasteiger partial charge on any atom is 0.320 e. The Balaban J connectivity index is 1.51. The van der Waals surface area contributed by atoms with Gasteiger partial charge in [-0.25, -0.2) is 0 Å². The van der Waals surface area contributed by atoms with Crippen molar-refractivity contribution < 1.29 is 19.4 Å². The van der Waals surface area contributed by atoms with Gasteiger partial charge in [-0.05, 0) is 49.9 Å². The van der Waals surface area contributed by atoms with Gasteiger partial charge in [0, 0.05) is 13.2 Å².